The number of rotatable bonds is 1. The van der Waals surface area contributed by atoms with Gasteiger partial charge in [0.15, 0.2) is 11.4 Å². The number of aromatic nitrogens is 1. The van der Waals surface area contributed by atoms with E-state index in [9.17, 15) is 9.18 Å². The average molecular weight is 301 g/mol. The SMILES string of the molecule is CC(C)(C)OC(=O)N1CC[C@@H](c2cnc(N)s2)C[C@H]1F. The molecule has 0 unspecified atom stereocenters. The molecule has 1 aliphatic rings. The van der Waals surface area contributed by atoms with Crippen LogP contribution in [0.25, 0.3) is 0 Å². The van der Waals surface area contributed by atoms with Gasteiger partial charge in [0.25, 0.3) is 0 Å². The van der Waals surface area contributed by atoms with Crippen molar-refractivity contribution in [2.45, 2.75) is 51.4 Å². The first-order chi connectivity index (χ1) is 9.26. The largest absolute Gasteiger partial charge is 0.444 e. The summed E-state index contributed by atoms with van der Waals surface area (Å²) in [5.41, 5.74) is 4.98. The van der Waals surface area contributed by atoms with Gasteiger partial charge < -0.3 is 10.5 Å². The van der Waals surface area contributed by atoms with Crippen LogP contribution in [-0.2, 0) is 4.74 Å². The molecule has 1 aromatic heterocycles. The number of nitrogens with zero attached hydrogens (tertiary/aromatic N) is 2. The number of alkyl halides is 1. The molecule has 1 fully saturated rings. The van der Waals surface area contributed by atoms with Crippen molar-refractivity contribution in [1.82, 2.24) is 9.88 Å². The van der Waals surface area contributed by atoms with Gasteiger partial charge in [-0.25, -0.2) is 14.2 Å². The summed E-state index contributed by atoms with van der Waals surface area (Å²) in [4.78, 5) is 18.0. The van der Waals surface area contributed by atoms with Crippen LogP contribution >= 0.6 is 11.3 Å². The van der Waals surface area contributed by atoms with Gasteiger partial charge in [0.1, 0.15) is 5.60 Å². The van der Waals surface area contributed by atoms with Crippen LogP contribution in [0, 0.1) is 0 Å². The Kier molecular flexibility index (Phi) is 4.17. The Morgan fingerprint density at radius 1 is 1.60 bits per heavy atom. The predicted octanol–water partition coefficient (Wildman–Crippen LogP) is 3.14. The highest BCUT2D eigenvalue weighted by Gasteiger charge is 2.35. The van der Waals surface area contributed by atoms with Crippen molar-refractivity contribution in [2.75, 3.05) is 12.3 Å². The highest BCUT2D eigenvalue weighted by Crippen LogP contribution is 2.36. The fourth-order valence-corrected chi connectivity index (χ4v) is 3.02. The van der Waals surface area contributed by atoms with E-state index in [1.54, 1.807) is 27.0 Å². The molecule has 1 aromatic rings. The fourth-order valence-electron chi connectivity index (χ4n) is 2.19. The molecule has 1 amide bonds. The van der Waals surface area contributed by atoms with Crippen LogP contribution in [0.1, 0.15) is 44.4 Å². The second-order valence-electron chi connectivity index (χ2n) is 5.93. The highest BCUT2D eigenvalue weighted by atomic mass is 32.1. The number of hydrogen-bond donors (Lipinski definition) is 1. The van der Waals surface area contributed by atoms with E-state index in [1.165, 1.54) is 11.3 Å². The third kappa shape index (κ3) is 3.59. The van der Waals surface area contributed by atoms with Gasteiger partial charge in [-0.1, -0.05) is 0 Å². The molecule has 0 aliphatic carbocycles. The molecule has 2 N–H and O–H groups in total. The highest BCUT2D eigenvalue weighted by molar-refractivity contribution is 7.15. The quantitative estimate of drug-likeness (QED) is 0.809. The van der Waals surface area contributed by atoms with Crippen molar-refractivity contribution < 1.29 is 13.9 Å². The van der Waals surface area contributed by atoms with E-state index in [0.29, 0.717) is 18.1 Å². The van der Waals surface area contributed by atoms with Crippen molar-refractivity contribution in [2.24, 2.45) is 0 Å². The molecule has 20 heavy (non-hydrogen) atoms. The molecule has 1 aliphatic heterocycles. The van der Waals surface area contributed by atoms with E-state index >= 15 is 0 Å². The Labute approximate surface area is 121 Å². The van der Waals surface area contributed by atoms with Crippen LogP contribution in [-0.4, -0.2) is 34.4 Å². The van der Waals surface area contributed by atoms with Crippen LogP contribution < -0.4 is 5.73 Å². The van der Waals surface area contributed by atoms with Crippen molar-refractivity contribution >= 4 is 22.6 Å². The fraction of sp³-hybridized carbons (Fsp3) is 0.692. The Bertz CT molecular complexity index is 486. The van der Waals surface area contributed by atoms with Crippen molar-refractivity contribution in [1.29, 1.82) is 0 Å². The number of hydrogen-bond acceptors (Lipinski definition) is 5. The minimum Gasteiger partial charge on any atom is -0.444 e. The molecule has 0 bridgehead atoms. The molecular formula is C13H20FN3O2S. The Balaban J connectivity index is 1.97. The summed E-state index contributed by atoms with van der Waals surface area (Å²) in [6.45, 7) is 5.65. The van der Waals surface area contributed by atoms with E-state index in [2.05, 4.69) is 4.98 Å². The summed E-state index contributed by atoms with van der Waals surface area (Å²) in [5.74, 6) is 0.0680. The van der Waals surface area contributed by atoms with Gasteiger partial charge >= 0.3 is 6.09 Å². The normalized spacial score (nSPS) is 23.7. The second-order valence-corrected chi connectivity index (χ2v) is 7.02. The second kappa shape index (κ2) is 5.55. The molecule has 7 heteroatoms. The van der Waals surface area contributed by atoms with E-state index in [1.807, 2.05) is 0 Å². The number of likely N-dealkylation sites (tertiary alicyclic amines) is 1. The molecule has 0 spiro atoms. The van der Waals surface area contributed by atoms with Crippen molar-refractivity contribution in [3.05, 3.63) is 11.1 Å². The van der Waals surface area contributed by atoms with Crippen LogP contribution in [0.2, 0.25) is 0 Å². The van der Waals surface area contributed by atoms with Crippen LogP contribution in [0.5, 0.6) is 0 Å². The summed E-state index contributed by atoms with van der Waals surface area (Å²) in [5, 5.41) is 0.491. The van der Waals surface area contributed by atoms with Crippen LogP contribution in [0.4, 0.5) is 14.3 Å². The van der Waals surface area contributed by atoms with Gasteiger partial charge in [-0.05, 0) is 27.2 Å². The van der Waals surface area contributed by atoms with Crippen molar-refractivity contribution in [3.63, 3.8) is 0 Å². The number of halogens is 1. The maximum absolute atomic E-state index is 14.2. The zero-order valence-electron chi connectivity index (χ0n) is 11.9. The monoisotopic (exact) mass is 301 g/mol. The predicted molar refractivity (Wildman–Crippen MR) is 76.3 cm³/mol. The van der Waals surface area contributed by atoms with Crippen LogP contribution in [0.3, 0.4) is 0 Å². The topological polar surface area (TPSA) is 68.5 Å². The minimum atomic E-state index is -1.33. The first-order valence-electron chi connectivity index (χ1n) is 6.61. The van der Waals surface area contributed by atoms with Crippen molar-refractivity contribution in [3.8, 4) is 0 Å². The van der Waals surface area contributed by atoms with Gasteiger partial charge in [-0.2, -0.15) is 0 Å². The van der Waals surface area contributed by atoms with Gasteiger partial charge in [0.2, 0.25) is 0 Å². The Morgan fingerprint density at radius 2 is 2.30 bits per heavy atom. The van der Waals surface area contributed by atoms with E-state index < -0.39 is 18.0 Å². The molecule has 112 valence electrons. The molecule has 0 aromatic carbocycles. The smallest absolute Gasteiger partial charge is 0.412 e. The molecule has 0 radical (unpaired) electrons. The Hall–Kier alpha value is -1.37. The molecule has 1 saturated heterocycles. The number of piperidine rings is 1. The molecule has 2 heterocycles. The average Bonchev–Trinajstić information content (AvgIpc) is 2.73. The lowest BCUT2D eigenvalue weighted by Crippen LogP contribution is -2.45. The first-order valence-corrected chi connectivity index (χ1v) is 7.43. The lowest BCUT2D eigenvalue weighted by atomic mass is 9.95. The van der Waals surface area contributed by atoms with E-state index in [0.717, 1.165) is 9.78 Å². The van der Waals surface area contributed by atoms with Gasteiger partial charge in [-0.3, -0.25) is 4.90 Å². The summed E-state index contributed by atoms with van der Waals surface area (Å²) in [6, 6.07) is 0. The number of carbonyl (C=O) groups is 1. The standard InChI is InChI=1S/C13H20FN3O2S/c1-13(2,3)19-12(18)17-5-4-8(6-10(17)14)9-7-16-11(15)20-9/h7-8,10H,4-6H2,1-3H3,(H2,15,16)/t8-,10+/m1/s1. The number of nitrogens with two attached hydrogens (primary N) is 1. The maximum Gasteiger partial charge on any atom is 0.412 e. The minimum absolute atomic E-state index is 0.0680. The molecule has 0 saturated carbocycles. The summed E-state index contributed by atoms with van der Waals surface area (Å²) < 4.78 is 19.4. The van der Waals surface area contributed by atoms with Gasteiger partial charge in [0, 0.05) is 30.0 Å². The maximum atomic E-state index is 14.2. The molecule has 2 rings (SSSR count). The summed E-state index contributed by atoms with van der Waals surface area (Å²) in [7, 11) is 0. The number of amides is 1. The number of carbonyl (C=O) groups excluding carboxylic acids is 1. The van der Waals surface area contributed by atoms with E-state index in [4.69, 9.17) is 10.5 Å². The first kappa shape index (κ1) is 15.0. The lowest BCUT2D eigenvalue weighted by Gasteiger charge is -2.35. The van der Waals surface area contributed by atoms with E-state index in [-0.39, 0.29) is 12.3 Å². The molecular weight excluding hydrogens is 281 g/mol. The number of ether oxygens (including phenoxy) is 1. The number of nitrogen functional groups attached to an aromatic ring is 1. The summed E-state index contributed by atoms with van der Waals surface area (Å²) >= 11 is 1.38. The number of thiazole rings is 1. The molecule has 5 nitrogen and oxygen atoms in total. The zero-order valence-corrected chi connectivity index (χ0v) is 12.7. The Morgan fingerprint density at radius 3 is 2.80 bits per heavy atom. The lowest BCUT2D eigenvalue weighted by molar-refractivity contribution is -0.0168. The third-order valence-electron chi connectivity index (χ3n) is 3.11. The van der Waals surface area contributed by atoms with Gasteiger partial charge in [0.05, 0.1) is 0 Å². The third-order valence-corrected chi connectivity index (χ3v) is 4.10. The van der Waals surface area contributed by atoms with Crippen LogP contribution in [0.15, 0.2) is 6.20 Å². The zero-order chi connectivity index (χ0) is 14.9. The number of anilines is 1. The summed E-state index contributed by atoms with van der Waals surface area (Å²) in [6.07, 6.45) is 0.738. The molecule has 2 atom stereocenters. The van der Waals surface area contributed by atoms with Gasteiger partial charge in [-0.15, -0.1) is 11.3 Å².